The van der Waals surface area contributed by atoms with Gasteiger partial charge in [-0.1, -0.05) is 30.3 Å². The Morgan fingerprint density at radius 1 is 0.724 bits per heavy atom. The molecule has 0 N–H and O–H groups in total. The Hall–Kier alpha value is -0.995. The van der Waals surface area contributed by atoms with Crippen molar-refractivity contribution in [1.29, 1.82) is 0 Å². The Morgan fingerprint density at radius 2 is 1.24 bits per heavy atom. The zero-order valence-corrected chi connectivity index (χ0v) is 18.2. The fourth-order valence-corrected chi connectivity index (χ4v) is 2.82. The molecule has 1 atom stereocenters. The van der Waals surface area contributed by atoms with Gasteiger partial charge in [0, 0.05) is 7.11 Å². The Kier molecular flexibility index (Phi) is 10.6. The average molecular weight is 410 g/mol. The van der Waals surface area contributed by atoms with Crippen molar-refractivity contribution in [2.75, 3.05) is 66.6 Å². The number of ether oxygens (including phenoxy) is 5. The number of benzene rings is 1. The predicted molar refractivity (Wildman–Crippen MR) is 112 cm³/mol. The molecule has 1 aromatic rings. The third-order valence-electron chi connectivity index (χ3n) is 5.04. The van der Waals surface area contributed by atoms with Gasteiger partial charge >= 0.3 is 7.12 Å². The van der Waals surface area contributed by atoms with Crippen molar-refractivity contribution in [2.45, 2.75) is 32.0 Å². The second-order valence-electron chi connectivity index (χ2n) is 7.60. The molecule has 2 rings (SSSR count). The van der Waals surface area contributed by atoms with Gasteiger partial charge in [-0.3, -0.25) is 0 Å². The highest BCUT2D eigenvalue weighted by atomic mass is 16.7. The predicted octanol–water partition coefficient (Wildman–Crippen LogP) is 1.68. The fraction of sp³-hybridized carbons (Fsp3) is 0.714. The first-order valence-electron chi connectivity index (χ1n) is 10.2. The molecule has 1 aliphatic heterocycles. The summed E-state index contributed by atoms with van der Waals surface area (Å²) in [6, 6.07) is 9.96. The molecule has 0 radical (unpaired) electrons. The monoisotopic (exact) mass is 410 g/mol. The number of hydrogen-bond donors (Lipinski definition) is 0. The molecule has 1 fully saturated rings. The van der Waals surface area contributed by atoms with Crippen LogP contribution in [-0.2, 0) is 33.0 Å². The molecule has 1 aliphatic rings. The van der Waals surface area contributed by atoms with E-state index in [9.17, 15) is 0 Å². The Morgan fingerprint density at radius 3 is 1.79 bits per heavy atom. The van der Waals surface area contributed by atoms with Crippen LogP contribution in [0.4, 0.5) is 0 Å². The van der Waals surface area contributed by atoms with E-state index in [0.29, 0.717) is 59.5 Å². The summed E-state index contributed by atoms with van der Waals surface area (Å²) in [4.78, 5) is 0. The normalized spacial score (nSPS) is 21.0. The molecule has 1 aromatic carbocycles. The second kappa shape index (κ2) is 12.6. The molecular weight excluding hydrogens is 375 g/mol. The van der Waals surface area contributed by atoms with E-state index in [2.05, 4.69) is 0 Å². The summed E-state index contributed by atoms with van der Waals surface area (Å²) in [5.41, 5.74) is 0.00388. The lowest BCUT2D eigenvalue weighted by Crippen LogP contribution is -2.48. The Bertz CT molecular complexity index is 557. The second-order valence-corrected chi connectivity index (χ2v) is 7.60. The SMILES string of the molecule is COCCOCCOCCOCCOCC1(C)OB(c2ccccc2)OC1(C)C. The third-order valence-corrected chi connectivity index (χ3v) is 5.04. The highest BCUT2D eigenvalue weighted by Crippen LogP contribution is 2.37. The van der Waals surface area contributed by atoms with Crippen LogP contribution in [0.25, 0.3) is 0 Å². The third kappa shape index (κ3) is 7.98. The van der Waals surface area contributed by atoms with E-state index >= 15 is 0 Å². The summed E-state index contributed by atoms with van der Waals surface area (Å²) in [6.07, 6.45) is 0. The molecule has 0 amide bonds. The molecule has 1 saturated heterocycles. The van der Waals surface area contributed by atoms with Crippen molar-refractivity contribution in [3.05, 3.63) is 30.3 Å². The summed E-state index contributed by atoms with van der Waals surface area (Å²) in [7, 11) is 1.27. The lowest BCUT2D eigenvalue weighted by molar-refractivity contribution is -0.0806. The van der Waals surface area contributed by atoms with Gasteiger partial charge in [-0.2, -0.15) is 0 Å². The number of hydrogen-bond acceptors (Lipinski definition) is 7. The summed E-state index contributed by atoms with van der Waals surface area (Å²) in [5, 5.41) is 0. The van der Waals surface area contributed by atoms with Crippen LogP contribution in [0.1, 0.15) is 20.8 Å². The molecule has 7 nitrogen and oxygen atoms in total. The maximum atomic E-state index is 6.23. The fourth-order valence-electron chi connectivity index (χ4n) is 2.82. The first kappa shape index (κ1) is 24.3. The zero-order valence-electron chi connectivity index (χ0n) is 18.2. The van der Waals surface area contributed by atoms with Gasteiger partial charge in [0.2, 0.25) is 0 Å². The molecule has 29 heavy (non-hydrogen) atoms. The van der Waals surface area contributed by atoms with Gasteiger partial charge in [0.1, 0.15) is 5.60 Å². The van der Waals surface area contributed by atoms with E-state index in [4.69, 9.17) is 33.0 Å². The van der Waals surface area contributed by atoms with E-state index < -0.39 is 11.2 Å². The first-order chi connectivity index (χ1) is 14.0. The van der Waals surface area contributed by atoms with Crippen LogP contribution in [0.5, 0.6) is 0 Å². The van der Waals surface area contributed by atoms with Crippen molar-refractivity contribution in [1.82, 2.24) is 0 Å². The van der Waals surface area contributed by atoms with Gasteiger partial charge in [0.05, 0.1) is 65.1 Å². The first-order valence-corrected chi connectivity index (χ1v) is 10.2. The van der Waals surface area contributed by atoms with Crippen LogP contribution in [0.3, 0.4) is 0 Å². The van der Waals surface area contributed by atoms with Crippen molar-refractivity contribution in [3.63, 3.8) is 0 Å². The maximum absolute atomic E-state index is 6.23. The van der Waals surface area contributed by atoms with Gasteiger partial charge in [-0.25, -0.2) is 0 Å². The quantitative estimate of drug-likeness (QED) is 0.322. The van der Waals surface area contributed by atoms with Gasteiger partial charge < -0.3 is 33.0 Å². The van der Waals surface area contributed by atoms with Crippen molar-refractivity contribution >= 4 is 12.6 Å². The van der Waals surface area contributed by atoms with Crippen LogP contribution >= 0.6 is 0 Å². The van der Waals surface area contributed by atoms with Gasteiger partial charge in [0.15, 0.2) is 0 Å². The largest absolute Gasteiger partial charge is 0.494 e. The van der Waals surface area contributed by atoms with Crippen molar-refractivity contribution < 1.29 is 33.0 Å². The molecule has 1 unspecified atom stereocenters. The minimum Gasteiger partial charge on any atom is -0.399 e. The van der Waals surface area contributed by atoms with E-state index in [0.717, 1.165) is 5.46 Å². The molecule has 8 heteroatoms. The minimum absolute atomic E-state index is 0.383. The van der Waals surface area contributed by atoms with Crippen LogP contribution < -0.4 is 5.46 Å². The molecule has 1 heterocycles. The summed E-state index contributed by atoms with van der Waals surface area (Å²) < 4.78 is 39.4. The molecule has 0 bridgehead atoms. The molecule has 0 spiro atoms. The maximum Gasteiger partial charge on any atom is 0.494 e. The lowest BCUT2D eigenvalue weighted by Gasteiger charge is -2.36. The van der Waals surface area contributed by atoms with Crippen LogP contribution in [0.15, 0.2) is 30.3 Å². The molecule has 164 valence electrons. The van der Waals surface area contributed by atoms with Gasteiger partial charge in [0.25, 0.3) is 0 Å². The Labute approximate surface area is 175 Å². The number of methoxy groups -OCH3 is 1. The number of rotatable bonds is 15. The van der Waals surface area contributed by atoms with Crippen molar-refractivity contribution in [2.24, 2.45) is 0 Å². The smallest absolute Gasteiger partial charge is 0.399 e. The lowest BCUT2D eigenvalue weighted by atomic mass is 9.79. The van der Waals surface area contributed by atoms with E-state index in [1.54, 1.807) is 7.11 Å². The van der Waals surface area contributed by atoms with Gasteiger partial charge in [-0.05, 0) is 26.2 Å². The molecule has 0 aromatic heterocycles. The summed E-state index contributed by atoms with van der Waals surface area (Å²) in [5.74, 6) is 0. The van der Waals surface area contributed by atoms with Crippen LogP contribution in [0.2, 0.25) is 0 Å². The zero-order chi connectivity index (χ0) is 21.0. The highest BCUT2D eigenvalue weighted by molar-refractivity contribution is 6.62. The van der Waals surface area contributed by atoms with E-state index in [1.165, 1.54) is 0 Å². The summed E-state index contributed by atoms with van der Waals surface area (Å²) >= 11 is 0. The Balaban J connectivity index is 1.54. The molecular formula is C21H35BO7. The molecule has 0 aliphatic carbocycles. The minimum atomic E-state index is -0.542. The topological polar surface area (TPSA) is 64.6 Å². The molecule has 0 saturated carbocycles. The summed E-state index contributed by atoms with van der Waals surface area (Å²) in [6.45, 7) is 10.9. The highest BCUT2D eigenvalue weighted by Gasteiger charge is 2.54. The van der Waals surface area contributed by atoms with E-state index in [1.807, 2.05) is 51.1 Å². The van der Waals surface area contributed by atoms with Crippen LogP contribution in [-0.4, -0.2) is 84.9 Å². The standard InChI is InChI=1S/C21H35BO7/c1-20(2)21(3,29-22(28-20)19-8-6-5-7-9-19)18-27-17-16-26-15-14-25-13-12-24-11-10-23-4/h5-9H,10-18H2,1-4H3. The van der Waals surface area contributed by atoms with Crippen LogP contribution in [0, 0.1) is 0 Å². The van der Waals surface area contributed by atoms with E-state index in [-0.39, 0.29) is 7.12 Å². The van der Waals surface area contributed by atoms with Crippen molar-refractivity contribution in [3.8, 4) is 0 Å². The van der Waals surface area contributed by atoms with Gasteiger partial charge in [-0.15, -0.1) is 0 Å². The average Bonchev–Trinajstić information content (AvgIpc) is 2.95.